The molecule has 0 unspecified atom stereocenters. The van der Waals surface area contributed by atoms with Crippen molar-refractivity contribution < 1.29 is 23.9 Å². The average Bonchev–Trinajstić information content (AvgIpc) is 2.34. The number of carbonyl (C=O) groups excluding carboxylic acids is 1. The Hall–Kier alpha value is -1.95. The second-order valence-corrected chi connectivity index (χ2v) is 2.63. The van der Waals surface area contributed by atoms with Gasteiger partial charge in [0.05, 0.1) is 21.3 Å². The highest BCUT2D eigenvalue weighted by Crippen LogP contribution is 2.37. The van der Waals surface area contributed by atoms with Crippen LogP contribution in [0.15, 0.2) is 18.2 Å². The zero-order chi connectivity index (χ0) is 12.0. The van der Waals surface area contributed by atoms with Crippen LogP contribution in [-0.4, -0.2) is 27.8 Å². The van der Waals surface area contributed by atoms with Gasteiger partial charge in [0.15, 0.2) is 17.2 Å². The monoisotopic (exact) mass is 226 g/mol. The molecule has 0 atom stereocenters. The third kappa shape index (κ3) is 2.34. The van der Waals surface area contributed by atoms with E-state index in [1.54, 1.807) is 18.2 Å². The lowest BCUT2D eigenvalue weighted by molar-refractivity contribution is -0.00348. The summed E-state index contributed by atoms with van der Waals surface area (Å²) in [6.45, 7) is 1.26. The summed E-state index contributed by atoms with van der Waals surface area (Å²) in [7, 11) is 4.32. The van der Waals surface area contributed by atoms with E-state index < -0.39 is 0 Å². The summed E-state index contributed by atoms with van der Waals surface area (Å²) in [6.07, 6.45) is 0. The molecule has 0 spiro atoms. The van der Waals surface area contributed by atoms with E-state index in [2.05, 4.69) is 4.84 Å². The number of nitrogens with zero attached hydrogens (tertiary/aromatic N) is 1. The number of para-hydroxylation sites is 1. The summed E-state index contributed by atoms with van der Waals surface area (Å²) >= 11 is 0. The molecule has 0 aliphatic rings. The fourth-order valence-electron chi connectivity index (χ4n) is 1.23. The first kappa shape index (κ1) is 12.1. The minimum Gasteiger partial charge on any atom is -0.493 e. The van der Waals surface area contributed by atoms with Crippen LogP contribution in [0, 0.1) is 0 Å². The topological polar surface area (TPSA) is 57.2 Å². The van der Waals surface area contributed by atoms with Crippen molar-refractivity contribution >= 4 is 12.2 Å². The summed E-state index contributed by atoms with van der Waals surface area (Å²) in [5.74, 6) is 0.888. The second kappa shape index (κ2) is 5.82. The lowest BCUT2D eigenvalue weighted by Crippen LogP contribution is -2.21. The second-order valence-electron chi connectivity index (χ2n) is 2.63. The molecule has 0 aliphatic heterocycles. The molecule has 1 aromatic carbocycles. The first-order valence-electron chi connectivity index (χ1n) is 4.37. The number of hydrogen-bond acceptors (Lipinski definition) is 6. The van der Waals surface area contributed by atoms with Crippen molar-refractivity contribution in [3.8, 4) is 11.5 Å². The van der Waals surface area contributed by atoms with Crippen molar-refractivity contribution in [1.29, 1.82) is 0 Å². The Morgan fingerprint density at radius 2 is 1.94 bits per heavy atom. The van der Waals surface area contributed by atoms with Gasteiger partial charge in [-0.1, -0.05) is 11.3 Å². The minimum absolute atomic E-state index is 0.391. The predicted octanol–water partition coefficient (Wildman–Crippen LogP) is 1.07. The molecule has 0 aromatic heterocycles. The van der Waals surface area contributed by atoms with Crippen molar-refractivity contribution in [2.75, 3.05) is 26.6 Å². The van der Waals surface area contributed by atoms with Crippen LogP contribution < -0.4 is 14.7 Å². The van der Waals surface area contributed by atoms with Gasteiger partial charge >= 0.3 is 6.47 Å². The van der Waals surface area contributed by atoms with Crippen LogP contribution in [0.25, 0.3) is 0 Å². The quantitative estimate of drug-likeness (QED) is 0.676. The van der Waals surface area contributed by atoms with Crippen LogP contribution in [0.1, 0.15) is 0 Å². The summed E-state index contributed by atoms with van der Waals surface area (Å²) < 4.78 is 10.2. The van der Waals surface area contributed by atoms with Gasteiger partial charge < -0.3 is 14.3 Å². The van der Waals surface area contributed by atoms with Crippen LogP contribution in [0.3, 0.4) is 0 Å². The third-order valence-electron chi connectivity index (χ3n) is 1.86. The van der Waals surface area contributed by atoms with Gasteiger partial charge in [-0.3, -0.25) is 0 Å². The smallest absolute Gasteiger partial charge is 0.446 e. The standard InChI is InChI=1S/C10H12NO5/c1-13-9-6-4-5-8(10(9)14-2)11(15-3)16-7-12/h4-6H,1-3H3. The Balaban J connectivity index is 3.14. The van der Waals surface area contributed by atoms with E-state index in [0.29, 0.717) is 17.2 Å². The van der Waals surface area contributed by atoms with E-state index >= 15 is 0 Å². The largest absolute Gasteiger partial charge is 0.493 e. The molecule has 16 heavy (non-hydrogen) atoms. The van der Waals surface area contributed by atoms with E-state index in [0.717, 1.165) is 5.23 Å². The Morgan fingerprint density at radius 1 is 1.19 bits per heavy atom. The molecule has 6 heteroatoms. The molecule has 0 bridgehead atoms. The normalized spacial score (nSPS) is 9.44. The first-order chi connectivity index (χ1) is 7.78. The molecule has 0 saturated carbocycles. The summed E-state index contributed by atoms with van der Waals surface area (Å²) in [5, 5.41) is 0.869. The van der Waals surface area contributed by atoms with E-state index in [4.69, 9.17) is 14.3 Å². The van der Waals surface area contributed by atoms with Crippen LogP contribution in [0.2, 0.25) is 0 Å². The number of benzene rings is 1. The van der Waals surface area contributed by atoms with Crippen LogP contribution >= 0.6 is 0 Å². The lowest BCUT2D eigenvalue weighted by Gasteiger charge is -2.20. The van der Waals surface area contributed by atoms with Gasteiger partial charge in [-0.25, -0.2) is 9.63 Å². The minimum atomic E-state index is 0.391. The maximum absolute atomic E-state index is 10.2. The number of methoxy groups -OCH3 is 2. The number of anilines is 1. The summed E-state index contributed by atoms with van der Waals surface area (Å²) in [6, 6.07) is 5.06. The van der Waals surface area contributed by atoms with Crippen molar-refractivity contribution in [3.05, 3.63) is 18.2 Å². The molecule has 1 rings (SSSR count). The Morgan fingerprint density at radius 3 is 2.44 bits per heavy atom. The summed E-state index contributed by atoms with van der Waals surface area (Å²) in [4.78, 5) is 19.5. The molecule has 0 saturated heterocycles. The maximum atomic E-state index is 10.2. The van der Waals surface area contributed by atoms with Gasteiger partial charge in [0.25, 0.3) is 0 Å². The molecule has 0 aliphatic carbocycles. The van der Waals surface area contributed by atoms with Crippen molar-refractivity contribution in [2.24, 2.45) is 0 Å². The highest BCUT2D eigenvalue weighted by atomic mass is 17.0. The van der Waals surface area contributed by atoms with E-state index in [9.17, 15) is 4.79 Å². The van der Waals surface area contributed by atoms with Crippen molar-refractivity contribution in [1.82, 2.24) is 0 Å². The molecule has 6 nitrogen and oxygen atoms in total. The SMILES string of the molecule is COc1cccc(N(OC)O[C]=O)c1OC. The number of ether oxygens (including phenoxy) is 2. The maximum Gasteiger partial charge on any atom is 0.446 e. The van der Waals surface area contributed by atoms with Gasteiger partial charge in [-0.15, -0.1) is 0 Å². The Kier molecular flexibility index (Phi) is 4.41. The number of rotatable bonds is 6. The predicted molar refractivity (Wildman–Crippen MR) is 55.8 cm³/mol. The van der Waals surface area contributed by atoms with Gasteiger partial charge in [0.1, 0.15) is 0 Å². The van der Waals surface area contributed by atoms with E-state index in [-0.39, 0.29) is 0 Å². The molecule has 0 N–H and O–H groups in total. The molecule has 0 heterocycles. The zero-order valence-corrected chi connectivity index (χ0v) is 9.22. The highest BCUT2D eigenvalue weighted by molar-refractivity contribution is 5.63. The molecule has 1 radical (unpaired) electrons. The average molecular weight is 226 g/mol. The lowest BCUT2D eigenvalue weighted by atomic mass is 10.3. The van der Waals surface area contributed by atoms with Gasteiger partial charge in [-0.2, -0.15) is 0 Å². The fraction of sp³-hybridized carbons (Fsp3) is 0.300. The van der Waals surface area contributed by atoms with Gasteiger partial charge in [0, 0.05) is 0 Å². The number of hydrogen-bond donors (Lipinski definition) is 0. The molecule has 0 fully saturated rings. The molecule has 0 amide bonds. The van der Waals surface area contributed by atoms with Crippen molar-refractivity contribution in [2.45, 2.75) is 0 Å². The highest BCUT2D eigenvalue weighted by Gasteiger charge is 2.17. The van der Waals surface area contributed by atoms with E-state index in [1.165, 1.54) is 27.8 Å². The van der Waals surface area contributed by atoms with Gasteiger partial charge in [-0.05, 0) is 12.1 Å². The Bertz CT molecular complexity index is 355. The summed E-state index contributed by atoms with van der Waals surface area (Å²) in [5.41, 5.74) is 0.396. The van der Waals surface area contributed by atoms with Crippen LogP contribution in [-0.2, 0) is 14.5 Å². The van der Waals surface area contributed by atoms with Crippen molar-refractivity contribution in [3.63, 3.8) is 0 Å². The zero-order valence-electron chi connectivity index (χ0n) is 9.22. The van der Waals surface area contributed by atoms with Gasteiger partial charge in [0.2, 0.25) is 0 Å². The van der Waals surface area contributed by atoms with Crippen LogP contribution in [0.5, 0.6) is 11.5 Å². The van der Waals surface area contributed by atoms with Crippen LogP contribution in [0.4, 0.5) is 5.69 Å². The fourth-order valence-corrected chi connectivity index (χ4v) is 1.23. The molecule has 87 valence electrons. The third-order valence-corrected chi connectivity index (χ3v) is 1.86. The molecular weight excluding hydrogens is 214 g/mol. The molecular formula is C10H12NO5. The first-order valence-corrected chi connectivity index (χ1v) is 4.37. The molecule has 1 aromatic rings. The Labute approximate surface area is 93.2 Å². The van der Waals surface area contributed by atoms with E-state index in [1.807, 2.05) is 0 Å².